The number of hydrogen-bond donors (Lipinski definition) is 25. The number of carbonyl (C=O) groups excluding carboxylic acids is 13. The lowest BCUT2D eigenvalue weighted by Gasteiger charge is -2.32. The van der Waals surface area contributed by atoms with E-state index in [1.807, 2.05) is 42.5 Å². The van der Waals surface area contributed by atoms with Crippen molar-refractivity contribution in [2.24, 2.45) is 29.0 Å². The van der Waals surface area contributed by atoms with Crippen molar-refractivity contribution in [3.8, 4) is 0 Å². The van der Waals surface area contributed by atoms with E-state index in [4.69, 9.17) is 22.6 Å². The van der Waals surface area contributed by atoms with Crippen molar-refractivity contribution in [3.05, 3.63) is 180 Å². The molecule has 1 fully saturated rings. The lowest BCUT2D eigenvalue weighted by atomic mass is 9.99. The van der Waals surface area contributed by atoms with Crippen molar-refractivity contribution >= 4 is 127 Å². The normalized spacial score (nSPS) is 15.8. The van der Waals surface area contributed by atoms with Gasteiger partial charge in [0.1, 0.15) is 78.5 Å². The van der Waals surface area contributed by atoms with Gasteiger partial charge in [-0.05, 0) is 149 Å². The molecule has 5 aromatic carbocycles. The van der Waals surface area contributed by atoms with E-state index in [9.17, 15) is 83.1 Å². The fourth-order valence-electron chi connectivity index (χ4n) is 16.4. The standard InChI is InChI=1S/C96H129N21O20/c1-52(2)41-71(85(126)110-74(46-59-49-103-66-31-17-14-28-62(59)66)88(129)106-69(36-37-79(121)122)84(125)105-68(34-21-39-101-96(99)100)83(124)107-70(95(136)137)33-19-20-38-97)111-92(133)81(55(6)120)116-90(131)77(51-118)114-91(132)78-35-22-40-117(78)94(135)76(42-53(3)4)113-87(128)72(43-56-23-9-7-10-24-56)109-86(127)73(44-57-25-11-8-12-26-57)112-93(134)80(54(5)119)115-89(130)75(47-60-50-104-67-32-18-15-29-63(60)67)108-82(123)64(98)45-58-48-102-65-30-16-13-27-61(58)65/h7-18,23-32,48-50,52-55,64,68-78,80-81,102-104,118-120H,19-22,33-47,51,97-98H2,1-6H3,(H,105,125)(H,106,129)(H,107,124)(H,108,123)(H,109,127)(H,110,126)(H,111,133)(H,112,134)(H,113,128)(H,114,132)(H,115,130)(H,116,131)(H,121,122)(H,136,137)(H4,99,100,101). The minimum Gasteiger partial charge on any atom is -0.481 e. The molecule has 16 atom stereocenters. The molecule has 16 unspecified atom stereocenters. The summed E-state index contributed by atoms with van der Waals surface area (Å²) in [5.41, 5.74) is 22.7. The van der Waals surface area contributed by atoms with Gasteiger partial charge in [-0.15, -0.1) is 0 Å². The van der Waals surface area contributed by atoms with Gasteiger partial charge in [-0.2, -0.15) is 0 Å². The Morgan fingerprint density at radius 3 is 1.24 bits per heavy atom. The number of amides is 13. The number of nitrogens with two attached hydrogens (primary N) is 3. The number of unbranched alkanes of at least 4 members (excludes halogenated alkanes) is 1. The number of nitrogens with zero attached hydrogens (tertiary/aromatic N) is 1. The molecule has 3 aromatic heterocycles. The Hall–Kier alpha value is -14.2. The number of carbonyl (C=O) groups is 15. The zero-order valence-electron chi connectivity index (χ0n) is 77.5. The Balaban J connectivity index is 0.885. The van der Waals surface area contributed by atoms with Crippen molar-refractivity contribution in [3.63, 3.8) is 0 Å². The van der Waals surface area contributed by atoms with Crippen LogP contribution in [0.3, 0.4) is 0 Å². The van der Waals surface area contributed by atoms with E-state index in [1.54, 1.807) is 137 Å². The highest BCUT2D eigenvalue weighted by Crippen LogP contribution is 2.26. The number of H-pyrrole nitrogens is 3. The summed E-state index contributed by atoms with van der Waals surface area (Å²) in [6, 6.07) is 16.9. The maximum absolute atomic E-state index is 15.2. The largest absolute Gasteiger partial charge is 0.481 e. The predicted molar refractivity (Wildman–Crippen MR) is 508 cm³/mol. The second-order valence-corrected chi connectivity index (χ2v) is 35.4. The summed E-state index contributed by atoms with van der Waals surface area (Å²) in [6.07, 6.45) is 0.239. The third-order valence-corrected chi connectivity index (χ3v) is 23.6. The molecule has 1 aliphatic heterocycles. The molecule has 13 amide bonds. The first-order valence-corrected chi connectivity index (χ1v) is 46.0. The van der Waals surface area contributed by atoms with E-state index in [-0.39, 0.29) is 103 Å². The molecule has 0 radical (unpaired) electrons. The highest BCUT2D eigenvalue weighted by molar-refractivity contribution is 6.02. The molecule has 0 spiro atoms. The Bertz CT molecular complexity index is 5490. The Morgan fingerprint density at radius 2 is 0.796 bits per heavy atom. The molecule has 41 nitrogen and oxygen atoms in total. The Labute approximate surface area is 791 Å². The van der Waals surface area contributed by atoms with Crippen molar-refractivity contribution in [1.82, 2.24) is 89.0 Å². The van der Waals surface area contributed by atoms with Gasteiger partial charge in [0, 0.05) is 96.5 Å². The van der Waals surface area contributed by atoms with Gasteiger partial charge in [0.15, 0.2) is 5.96 Å². The number of carboxylic acids is 2. The number of aliphatic hydroxyl groups excluding tert-OH is 3. The maximum Gasteiger partial charge on any atom is 0.326 e. The predicted octanol–water partition coefficient (Wildman–Crippen LogP) is -0.0325. The number of aromatic nitrogens is 3. The SMILES string of the molecule is CC(C)CC(NC(=O)C(NC(=O)C(CO)NC(=O)C1CCCN1C(=O)C(CC(C)C)NC(=O)C(Cc1ccccc1)NC(=O)C(Cc1ccccc1)NC(=O)C(NC(=O)C(Cc1c[nH]c2ccccc12)NC(=O)C(N)Cc1c[nH]c2ccccc12)C(C)O)C(C)O)C(=O)NC(Cc1c[nH]c2ccccc12)C(=O)NC(CCC(=O)O)C(=O)NC(CCCNC(=N)N)C(=O)NC(CCCCN)C(=O)O. The van der Waals surface area contributed by atoms with Crippen LogP contribution in [0.1, 0.15) is 140 Å². The van der Waals surface area contributed by atoms with Crippen molar-refractivity contribution < 1.29 is 97.5 Å². The summed E-state index contributed by atoms with van der Waals surface area (Å²) in [7, 11) is 0. The van der Waals surface area contributed by atoms with Crippen molar-refractivity contribution in [2.45, 2.75) is 241 Å². The Kier molecular flexibility index (Phi) is 40.5. The topological polar surface area (TPSA) is 666 Å². The molecule has 137 heavy (non-hydrogen) atoms. The number of benzene rings is 5. The number of aliphatic hydroxyl groups is 3. The number of fused-ring (bicyclic) bond motifs is 3. The number of aliphatic carboxylic acids is 2. The number of likely N-dealkylation sites (tertiary alicyclic amines) is 1. The van der Waals surface area contributed by atoms with Crippen LogP contribution in [0.15, 0.2) is 152 Å². The number of carboxylic acid groups (broad SMARTS) is 2. The van der Waals surface area contributed by atoms with Crippen LogP contribution in [0.4, 0.5) is 0 Å². The number of rotatable bonds is 54. The van der Waals surface area contributed by atoms with Crippen molar-refractivity contribution in [1.29, 1.82) is 5.41 Å². The second kappa shape index (κ2) is 52.1. The summed E-state index contributed by atoms with van der Waals surface area (Å²) in [6.45, 7) is 8.42. The van der Waals surface area contributed by atoms with E-state index in [0.29, 0.717) is 46.0 Å². The minimum absolute atomic E-state index is 0.00558. The van der Waals surface area contributed by atoms with Crippen LogP contribution in [0.5, 0.6) is 0 Å². The number of hydrogen-bond acceptors (Lipinski definition) is 21. The van der Waals surface area contributed by atoms with Gasteiger partial charge in [0.2, 0.25) is 76.8 Å². The number of guanidine groups is 1. The first-order valence-electron chi connectivity index (χ1n) is 46.0. The molecule has 4 heterocycles. The molecular formula is C96H129N21O20. The molecule has 28 N–H and O–H groups in total. The van der Waals surface area contributed by atoms with E-state index < -0.39 is 217 Å². The number of para-hydroxylation sites is 3. The molecule has 0 aliphatic carbocycles. The average molecular weight is 1900 g/mol. The monoisotopic (exact) mass is 1900 g/mol. The maximum atomic E-state index is 15.2. The van der Waals surface area contributed by atoms with Gasteiger partial charge < -0.3 is 132 Å². The van der Waals surface area contributed by atoms with Gasteiger partial charge in [-0.3, -0.25) is 72.5 Å². The van der Waals surface area contributed by atoms with E-state index >= 15 is 14.4 Å². The molecule has 0 saturated carbocycles. The van der Waals surface area contributed by atoms with Crippen LogP contribution in [0.2, 0.25) is 0 Å². The summed E-state index contributed by atoms with van der Waals surface area (Å²) < 4.78 is 0. The van der Waals surface area contributed by atoms with Crippen LogP contribution in [0, 0.1) is 17.2 Å². The summed E-state index contributed by atoms with van der Waals surface area (Å²) in [4.78, 5) is 226. The fourth-order valence-corrected chi connectivity index (χ4v) is 16.4. The minimum atomic E-state index is -1.94. The highest BCUT2D eigenvalue weighted by atomic mass is 16.4. The molecule has 8 aromatic rings. The lowest BCUT2D eigenvalue weighted by Crippen LogP contribution is -2.63. The summed E-state index contributed by atoms with van der Waals surface area (Å²) in [5, 5.41) is 96.9. The summed E-state index contributed by atoms with van der Waals surface area (Å²) >= 11 is 0. The van der Waals surface area contributed by atoms with E-state index in [2.05, 4.69) is 84.1 Å². The number of nitrogens with one attached hydrogen (secondary N) is 17. The molecule has 0 bridgehead atoms. The zero-order chi connectivity index (χ0) is 99.7. The van der Waals surface area contributed by atoms with Crippen LogP contribution in [0.25, 0.3) is 32.7 Å². The molecule has 1 aliphatic rings. The average Bonchev–Trinajstić information content (AvgIpc) is 1.72. The first kappa shape index (κ1) is 107. The number of aromatic amines is 3. The molecule has 41 heteroatoms. The van der Waals surface area contributed by atoms with Crippen LogP contribution in [-0.2, 0) is 104 Å². The van der Waals surface area contributed by atoms with Crippen molar-refractivity contribution in [2.75, 3.05) is 26.2 Å². The van der Waals surface area contributed by atoms with Gasteiger partial charge in [-0.1, -0.05) is 143 Å². The highest BCUT2D eigenvalue weighted by Gasteiger charge is 2.43. The first-order chi connectivity index (χ1) is 65.4. The quantitative estimate of drug-likeness (QED) is 0.0135. The third kappa shape index (κ3) is 31.7. The Morgan fingerprint density at radius 1 is 0.423 bits per heavy atom. The lowest BCUT2D eigenvalue weighted by molar-refractivity contribution is -0.143. The fraction of sp³-hybridized carbons (Fsp3) is 0.458. The van der Waals surface area contributed by atoms with Crippen LogP contribution >= 0.6 is 0 Å². The van der Waals surface area contributed by atoms with E-state index in [1.165, 1.54) is 11.8 Å². The van der Waals surface area contributed by atoms with Crippen LogP contribution < -0.4 is 86.3 Å². The van der Waals surface area contributed by atoms with Gasteiger partial charge in [0.05, 0.1) is 24.9 Å². The van der Waals surface area contributed by atoms with E-state index in [0.717, 1.165) is 34.3 Å². The zero-order valence-corrected chi connectivity index (χ0v) is 77.5. The third-order valence-electron chi connectivity index (χ3n) is 23.6. The smallest absolute Gasteiger partial charge is 0.326 e. The van der Waals surface area contributed by atoms with Crippen LogP contribution in [-0.4, -0.2) is 263 Å². The van der Waals surface area contributed by atoms with Gasteiger partial charge in [-0.25, -0.2) is 4.79 Å². The molecular weight excluding hydrogens is 1770 g/mol. The molecule has 9 rings (SSSR count). The van der Waals surface area contributed by atoms with Gasteiger partial charge in [0.25, 0.3) is 0 Å². The molecule has 1 saturated heterocycles. The second-order valence-electron chi connectivity index (χ2n) is 35.4. The summed E-state index contributed by atoms with van der Waals surface area (Å²) in [5.74, 6) is -16.5. The van der Waals surface area contributed by atoms with Gasteiger partial charge >= 0.3 is 11.9 Å². The molecule has 738 valence electrons.